The smallest absolute Gasteiger partial charge is 0.165 e. The minimum Gasteiger partial charge on any atom is -0.490 e. The highest BCUT2D eigenvalue weighted by Crippen LogP contribution is 2.62. The molecule has 1 aromatic carbocycles. The second-order valence-electron chi connectivity index (χ2n) is 7.34. The first kappa shape index (κ1) is 16.2. The van der Waals surface area contributed by atoms with Crippen molar-refractivity contribution in [2.24, 2.45) is 5.92 Å². The maximum atomic E-state index is 10.6. The van der Waals surface area contributed by atoms with Crippen molar-refractivity contribution in [2.75, 3.05) is 20.2 Å². The maximum Gasteiger partial charge on any atom is 0.165 e. The maximum absolute atomic E-state index is 10.6. The van der Waals surface area contributed by atoms with E-state index in [9.17, 15) is 5.11 Å². The fraction of sp³-hybridized carbons (Fsp3) is 0.579. The van der Waals surface area contributed by atoms with Gasteiger partial charge in [-0.25, -0.2) is 0 Å². The monoisotopic (exact) mass is 349 g/mol. The predicted molar refractivity (Wildman–Crippen MR) is 94.3 cm³/mol. The summed E-state index contributed by atoms with van der Waals surface area (Å²) in [5.41, 5.74) is 2.62. The molecule has 0 saturated carbocycles. The summed E-state index contributed by atoms with van der Waals surface area (Å²) in [6.45, 7) is 3.68. The number of ether oxygens (including phenoxy) is 2. The third-order valence-electron chi connectivity index (χ3n) is 6.43. The molecule has 2 aliphatic heterocycles. The lowest BCUT2D eigenvalue weighted by molar-refractivity contribution is -0.0453. The van der Waals surface area contributed by atoms with Crippen LogP contribution in [0.5, 0.6) is 11.5 Å². The van der Waals surface area contributed by atoms with Crippen LogP contribution < -0.4 is 9.47 Å². The van der Waals surface area contributed by atoms with Gasteiger partial charge in [0.05, 0.1) is 6.61 Å². The molecular formula is C19H24ClNO3. The fourth-order valence-electron chi connectivity index (χ4n) is 5.50. The molecule has 0 amide bonds. The van der Waals surface area contributed by atoms with Crippen molar-refractivity contribution in [2.45, 2.75) is 43.4 Å². The van der Waals surface area contributed by atoms with Crippen molar-refractivity contribution in [3.8, 4) is 11.5 Å². The summed E-state index contributed by atoms with van der Waals surface area (Å²) < 4.78 is 12.2. The molecule has 1 fully saturated rings. The van der Waals surface area contributed by atoms with Crippen LogP contribution in [0, 0.1) is 5.92 Å². The Morgan fingerprint density at radius 2 is 2.21 bits per heavy atom. The Labute approximate surface area is 148 Å². The number of piperidine rings is 1. The Kier molecular flexibility index (Phi) is 3.64. The Bertz CT molecular complexity index is 706. The van der Waals surface area contributed by atoms with E-state index in [0.717, 1.165) is 30.9 Å². The number of aliphatic hydroxyl groups is 1. The molecule has 1 spiro atoms. The first-order valence-corrected chi connectivity index (χ1v) is 8.69. The lowest BCUT2D eigenvalue weighted by Gasteiger charge is -2.56. The lowest BCUT2D eigenvalue weighted by Crippen LogP contribution is -2.64. The average molecular weight is 350 g/mol. The highest BCUT2D eigenvalue weighted by atomic mass is 35.5. The van der Waals surface area contributed by atoms with Crippen LogP contribution in [0.4, 0.5) is 0 Å². The third kappa shape index (κ3) is 1.77. The van der Waals surface area contributed by atoms with E-state index >= 15 is 0 Å². The number of hydrogen-bond acceptors (Lipinski definition) is 4. The molecule has 5 heteroatoms. The van der Waals surface area contributed by atoms with Crippen molar-refractivity contribution in [3.05, 3.63) is 35.4 Å². The summed E-state index contributed by atoms with van der Waals surface area (Å²) >= 11 is 0. The first-order chi connectivity index (χ1) is 11.2. The third-order valence-corrected chi connectivity index (χ3v) is 6.43. The van der Waals surface area contributed by atoms with Crippen molar-refractivity contribution >= 4 is 12.4 Å². The summed E-state index contributed by atoms with van der Waals surface area (Å²) in [4.78, 5) is 2.48. The first-order valence-electron chi connectivity index (χ1n) is 8.69. The summed E-state index contributed by atoms with van der Waals surface area (Å²) in [7, 11) is 2.22. The van der Waals surface area contributed by atoms with Crippen LogP contribution in [0.3, 0.4) is 0 Å². The van der Waals surface area contributed by atoms with Crippen molar-refractivity contribution in [3.63, 3.8) is 0 Å². The number of hydrogen-bond donors (Lipinski definition) is 1. The van der Waals surface area contributed by atoms with Gasteiger partial charge in [0, 0.05) is 22.9 Å². The zero-order chi connectivity index (χ0) is 15.8. The Balaban J connectivity index is 0.00000146. The van der Waals surface area contributed by atoms with E-state index in [1.54, 1.807) is 0 Å². The second kappa shape index (κ2) is 5.38. The van der Waals surface area contributed by atoms with E-state index in [-0.39, 0.29) is 23.9 Å². The van der Waals surface area contributed by atoms with E-state index in [1.807, 2.05) is 19.1 Å². The van der Waals surface area contributed by atoms with Crippen molar-refractivity contribution in [1.29, 1.82) is 0 Å². The molecule has 1 N–H and O–H groups in total. The lowest BCUT2D eigenvalue weighted by atomic mass is 9.53. The molecule has 1 saturated heterocycles. The van der Waals surface area contributed by atoms with Gasteiger partial charge in [0.25, 0.3) is 0 Å². The van der Waals surface area contributed by atoms with Gasteiger partial charge < -0.3 is 19.5 Å². The topological polar surface area (TPSA) is 41.9 Å². The van der Waals surface area contributed by atoms with Crippen LogP contribution in [-0.4, -0.2) is 48.5 Å². The molecule has 130 valence electrons. The molecule has 0 aromatic heterocycles. The van der Waals surface area contributed by atoms with E-state index < -0.39 is 6.10 Å². The summed E-state index contributed by atoms with van der Waals surface area (Å²) in [5, 5.41) is 10.6. The normalized spacial score (nSPS) is 38.1. The summed E-state index contributed by atoms with van der Waals surface area (Å²) in [5.74, 6) is 2.14. The number of nitrogens with zero attached hydrogens (tertiary/aromatic N) is 1. The van der Waals surface area contributed by atoms with Crippen LogP contribution in [0.2, 0.25) is 0 Å². The molecule has 2 bridgehead atoms. The number of halogens is 1. The van der Waals surface area contributed by atoms with E-state index in [2.05, 4.69) is 24.1 Å². The van der Waals surface area contributed by atoms with Crippen molar-refractivity contribution in [1.82, 2.24) is 4.90 Å². The largest absolute Gasteiger partial charge is 0.490 e. The molecule has 2 heterocycles. The van der Waals surface area contributed by atoms with Gasteiger partial charge in [0.15, 0.2) is 11.5 Å². The van der Waals surface area contributed by atoms with Crippen LogP contribution in [0.25, 0.3) is 0 Å². The molecule has 0 radical (unpaired) electrons. The van der Waals surface area contributed by atoms with Crippen LogP contribution >= 0.6 is 12.4 Å². The summed E-state index contributed by atoms with van der Waals surface area (Å²) in [6.07, 6.45) is 5.56. The molecule has 1 unspecified atom stereocenters. The molecule has 4 aliphatic rings. The van der Waals surface area contributed by atoms with Gasteiger partial charge >= 0.3 is 0 Å². The fourth-order valence-corrected chi connectivity index (χ4v) is 5.50. The highest BCUT2D eigenvalue weighted by molar-refractivity contribution is 5.85. The van der Waals surface area contributed by atoms with E-state index in [0.29, 0.717) is 18.6 Å². The zero-order valence-corrected chi connectivity index (χ0v) is 14.9. The van der Waals surface area contributed by atoms with Gasteiger partial charge in [-0.3, -0.25) is 0 Å². The van der Waals surface area contributed by atoms with Gasteiger partial charge in [-0.15, -0.1) is 12.4 Å². The molecule has 2 aliphatic carbocycles. The Morgan fingerprint density at radius 1 is 1.38 bits per heavy atom. The molecule has 4 nitrogen and oxygen atoms in total. The number of aliphatic hydroxyl groups excluding tert-OH is 1. The van der Waals surface area contributed by atoms with Gasteiger partial charge in [0.2, 0.25) is 0 Å². The Hall–Kier alpha value is -1.23. The SMILES string of the molecule is CCOc1ccc2c3c1O[C@H]1[C@@H](O)C=CC4[C@@H](C2)N(C)CC[C@@]341.Cl. The van der Waals surface area contributed by atoms with Crippen LogP contribution in [-0.2, 0) is 11.8 Å². The number of likely N-dealkylation sites (tertiary alicyclic amines) is 1. The van der Waals surface area contributed by atoms with Gasteiger partial charge in [0.1, 0.15) is 12.2 Å². The average Bonchev–Trinajstić information content (AvgIpc) is 2.90. The quantitative estimate of drug-likeness (QED) is 0.832. The molecule has 5 rings (SSSR count). The highest BCUT2D eigenvalue weighted by Gasteiger charge is 2.64. The summed E-state index contributed by atoms with van der Waals surface area (Å²) in [6, 6.07) is 4.75. The Morgan fingerprint density at radius 3 is 3.00 bits per heavy atom. The van der Waals surface area contributed by atoms with Crippen molar-refractivity contribution < 1.29 is 14.6 Å². The van der Waals surface area contributed by atoms with Crippen LogP contribution in [0.15, 0.2) is 24.3 Å². The van der Waals surface area contributed by atoms with E-state index in [4.69, 9.17) is 9.47 Å². The minimum absolute atomic E-state index is 0. The van der Waals surface area contributed by atoms with Gasteiger partial charge in [-0.05, 0) is 45.0 Å². The van der Waals surface area contributed by atoms with Gasteiger partial charge in [-0.1, -0.05) is 18.2 Å². The predicted octanol–water partition coefficient (Wildman–Crippen LogP) is 2.31. The second-order valence-corrected chi connectivity index (χ2v) is 7.34. The standard InChI is InChI=1S/C19H23NO3.ClH/c1-3-22-15-7-4-11-10-13-12-5-6-14(21)18-19(12,8-9-20(13)2)16(11)17(15)23-18;/h4-7,12-14,18,21H,3,8-10H2,1-2H3;1H/t12?,13-,14+,18+,19+;/m1./s1. The zero-order valence-electron chi connectivity index (χ0n) is 14.1. The molecule has 5 atom stereocenters. The minimum atomic E-state index is -0.539. The number of benzene rings is 1. The number of rotatable bonds is 2. The van der Waals surface area contributed by atoms with E-state index in [1.165, 1.54) is 11.1 Å². The van der Waals surface area contributed by atoms with Crippen LogP contribution in [0.1, 0.15) is 24.5 Å². The van der Waals surface area contributed by atoms with Gasteiger partial charge in [-0.2, -0.15) is 0 Å². The molecule has 24 heavy (non-hydrogen) atoms. The number of likely N-dealkylation sites (N-methyl/N-ethyl adjacent to an activating group) is 1. The molecular weight excluding hydrogens is 326 g/mol. The molecule has 1 aromatic rings.